The maximum atomic E-state index is 5.64. The molecule has 0 aliphatic carbocycles. The molecule has 0 aromatic carbocycles. The molecule has 2 aliphatic heterocycles. The van der Waals surface area contributed by atoms with Crippen molar-refractivity contribution >= 4 is 28.1 Å². The van der Waals surface area contributed by atoms with Crippen molar-refractivity contribution in [3.8, 4) is 11.1 Å². The zero-order valence-corrected chi connectivity index (χ0v) is 17.6. The summed E-state index contributed by atoms with van der Waals surface area (Å²) in [6.07, 6.45) is 4.92. The third-order valence-electron chi connectivity index (χ3n) is 5.82. The second kappa shape index (κ2) is 7.65. The number of pyridine rings is 2. The van der Waals surface area contributed by atoms with Crippen LogP contribution in [-0.4, -0.2) is 58.2 Å². The summed E-state index contributed by atoms with van der Waals surface area (Å²) in [4.78, 5) is 16.4. The number of nitrogens with one attached hydrogen (secondary N) is 1. The summed E-state index contributed by atoms with van der Waals surface area (Å²) in [6, 6.07) is 6.58. The Balaban J connectivity index is 1.71. The molecule has 154 valence electrons. The smallest absolute Gasteiger partial charge is 0.130 e. The molecule has 7 nitrogen and oxygen atoms in total. The third kappa shape index (κ3) is 3.39. The van der Waals surface area contributed by atoms with E-state index in [1.807, 2.05) is 26.1 Å². The lowest BCUT2D eigenvalue weighted by molar-refractivity contribution is 0.0986. The number of fused-ring (bicyclic) bond motifs is 1. The molecule has 0 bridgehead atoms. The van der Waals surface area contributed by atoms with Gasteiger partial charge in [0.1, 0.15) is 17.0 Å². The quantitative estimate of drug-likeness (QED) is 0.721. The zero-order chi connectivity index (χ0) is 20.7. The normalized spacial score (nSPS) is 19.7. The molecule has 1 fully saturated rings. The maximum absolute atomic E-state index is 5.64. The van der Waals surface area contributed by atoms with E-state index in [1.165, 1.54) is 5.57 Å². The van der Waals surface area contributed by atoms with Gasteiger partial charge in [-0.1, -0.05) is 6.07 Å². The predicted molar refractivity (Wildman–Crippen MR) is 120 cm³/mol. The van der Waals surface area contributed by atoms with E-state index in [4.69, 9.17) is 9.72 Å². The van der Waals surface area contributed by atoms with Gasteiger partial charge in [-0.2, -0.15) is 5.10 Å². The number of nitrogens with zero attached hydrogens (tertiary/aromatic N) is 5. The molecule has 5 heterocycles. The van der Waals surface area contributed by atoms with E-state index < -0.39 is 0 Å². The molecule has 1 atom stereocenters. The Hall–Kier alpha value is -3.06. The first-order valence-corrected chi connectivity index (χ1v) is 10.5. The molecule has 30 heavy (non-hydrogen) atoms. The van der Waals surface area contributed by atoms with Gasteiger partial charge in [-0.15, -0.1) is 0 Å². The number of ether oxygens (including phenoxy) is 1. The Bertz CT molecular complexity index is 1140. The van der Waals surface area contributed by atoms with Crippen LogP contribution in [0, 0.1) is 6.92 Å². The first kappa shape index (κ1) is 18.9. The van der Waals surface area contributed by atoms with Crippen LogP contribution in [-0.2, 0) is 4.74 Å². The number of morpholine rings is 1. The fraction of sp³-hybridized carbons (Fsp3) is 0.391. The largest absolute Gasteiger partial charge is 0.377 e. The van der Waals surface area contributed by atoms with Gasteiger partial charge in [0.25, 0.3) is 0 Å². The van der Waals surface area contributed by atoms with E-state index in [2.05, 4.69) is 50.2 Å². The van der Waals surface area contributed by atoms with Crippen LogP contribution in [0.3, 0.4) is 0 Å². The number of hydrogen-bond acceptors (Lipinski definition) is 6. The van der Waals surface area contributed by atoms with Crippen LogP contribution >= 0.6 is 0 Å². The number of hydrogen-bond donors (Lipinski definition) is 1. The number of dihydropyridines is 1. The fourth-order valence-corrected chi connectivity index (χ4v) is 4.18. The number of aromatic amines is 1. The molecule has 0 spiro atoms. The van der Waals surface area contributed by atoms with Crippen molar-refractivity contribution in [1.29, 1.82) is 0 Å². The molecule has 3 aromatic heterocycles. The number of aromatic nitrogens is 4. The van der Waals surface area contributed by atoms with Gasteiger partial charge >= 0.3 is 0 Å². The molecule has 0 radical (unpaired) electrons. The summed E-state index contributed by atoms with van der Waals surface area (Å²) in [5.41, 5.74) is 8.11. The molecule has 0 saturated carbocycles. The van der Waals surface area contributed by atoms with Crippen LogP contribution in [0.4, 0.5) is 5.82 Å². The second-order valence-corrected chi connectivity index (χ2v) is 8.07. The second-order valence-electron chi connectivity index (χ2n) is 8.07. The molecular weight excluding hydrogens is 376 g/mol. The first-order chi connectivity index (χ1) is 14.6. The summed E-state index contributed by atoms with van der Waals surface area (Å²) >= 11 is 0. The molecule has 2 aliphatic rings. The van der Waals surface area contributed by atoms with Crippen LogP contribution in [0.1, 0.15) is 31.7 Å². The highest BCUT2D eigenvalue weighted by Crippen LogP contribution is 2.35. The number of aryl methyl sites for hydroxylation is 1. The monoisotopic (exact) mass is 402 g/mol. The topological polar surface area (TPSA) is 79.3 Å². The van der Waals surface area contributed by atoms with E-state index >= 15 is 0 Å². The molecule has 1 saturated heterocycles. The molecule has 5 rings (SSSR count). The van der Waals surface area contributed by atoms with Gasteiger partial charge in [0.2, 0.25) is 0 Å². The standard InChI is InChI=1S/C23H26N6O/c1-14-4-5-18(12-25-14)19-11-20(29-8-9-30-13-16(29)3)26-23-21(27-28-22(19)23)17-6-7-24-15(2)10-17/h4-5,10-12,16H,6-9,13H2,1-3H3,(H,27,28)/t16-/m1/s1. The van der Waals surface area contributed by atoms with E-state index in [9.17, 15) is 0 Å². The van der Waals surface area contributed by atoms with Gasteiger partial charge in [-0.05, 0) is 51.0 Å². The molecule has 0 amide bonds. The van der Waals surface area contributed by atoms with Crippen molar-refractivity contribution < 1.29 is 4.74 Å². The maximum Gasteiger partial charge on any atom is 0.130 e. The molecular formula is C23H26N6O. The van der Waals surface area contributed by atoms with Crippen molar-refractivity contribution in [3.63, 3.8) is 0 Å². The first-order valence-electron chi connectivity index (χ1n) is 10.5. The van der Waals surface area contributed by atoms with E-state index in [1.54, 1.807) is 0 Å². The Morgan fingerprint density at radius 1 is 1.23 bits per heavy atom. The summed E-state index contributed by atoms with van der Waals surface area (Å²) in [7, 11) is 0. The minimum absolute atomic E-state index is 0.270. The Kier molecular flexibility index (Phi) is 4.83. The number of allylic oxidation sites excluding steroid dienone is 1. The van der Waals surface area contributed by atoms with Crippen molar-refractivity contribution in [2.24, 2.45) is 4.99 Å². The zero-order valence-electron chi connectivity index (χ0n) is 17.6. The third-order valence-corrected chi connectivity index (χ3v) is 5.82. The summed E-state index contributed by atoms with van der Waals surface area (Å²) in [5.74, 6) is 0.957. The van der Waals surface area contributed by atoms with Gasteiger partial charge in [0, 0.05) is 41.8 Å². The fourth-order valence-electron chi connectivity index (χ4n) is 4.18. The van der Waals surface area contributed by atoms with E-state index in [0.717, 1.165) is 64.6 Å². The van der Waals surface area contributed by atoms with Gasteiger partial charge in [0.05, 0.1) is 24.8 Å². The summed E-state index contributed by atoms with van der Waals surface area (Å²) in [6.45, 7) is 9.25. The Morgan fingerprint density at radius 3 is 2.90 bits per heavy atom. The van der Waals surface area contributed by atoms with Crippen molar-refractivity contribution in [1.82, 2.24) is 20.2 Å². The molecule has 0 unspecified atom stereocenters. The van der Waals surface area contributed by atoms with E-state index in [0.29, 0.717) is 13.2 Å². The Labute approximate surface area is 175 Å². The summed E-state index contributed by atoms with van der Waals surface area (Å²) < 4.78 is 5.64. The number of H-pyrrole nitrogens is 1. The highest BCUT2D eigenvalue weighted by atomic mass is 16.5. The van der Waals surface area contributed by atoms with Crippen LogP contribution in [0.15, 0.2) is 35.5 Å². The van der Waals surface area contributed by atoms with Crippen molar-refractivity contribution in [2.75, 3.05) is 31.2 Å². The van der Waals surface area contributed by atoms with Gasteiger partial charge in [-0.25, -0.2) is 4.98 Å². The van der Waals surface area contributed by atoms with Crippen molar-refractivity contribution in [3.05, 3.63) is 41.9 Å². The minimum Gasteiger partial charge on any atom is -0.377 e. The van der Waals surface area contributed by atoms with Crippen LogP contribution in [0.2, 0.25) is 0 Å². The molecule has 3 aromatic rings. The van der Waals surface area contributed by atoms with Gasteiger partial charge in [-0.3, -0.25) is 15.1 Å². The highest BCUT2D eigenvalue weighted by molar-refractivity contribution is 6.04. The van der Waals surface area contributed by atoms with Gasteiger partial charge in [0.15, 0.2) is 0 Å². The Morgan fingerprint density at radius 2 is 2.13 bits per heavy atom. The van der Waals surface area contributed by atoms with E-state index in [-0.39, 0.29) is 6.04 Å². The number of anilines is 1. The lowest BCUT2D eigenvalue weighted by Gasteiger charge is -2.34. The highest BCUT2D eigenvalue weighted by Gasteiger charge is 2.24. The SMILES string of the molecule is CC1=NCCC(c2n[nH]c3c(-c4ccc(C)nc4)cc(N4CCOC[C@H]4C)nc23)=C1. The van der Waals surface area contributed by atoms with Crippen LogP contribution < -0.4 is 4.90 Å². The molecule has 1 N–H and O–H groups in total. The minimum atomic E-state index is 0.270. The predicted octanol–water partition coefficient (Wildman–Crippen LogP) is 3.80. The average molecular weight is 403 g/mol. The lowest BCUT2D eigenvalue weighted by Crippen LogP contribution is -2.44. The van der Waals surface area contributed by atoms with Crippen LogP contribution in [0.5, 0.6) is 0 Å². The number of aliphatic imine (C=N–C) groups is 1. The molecule has 7 heteroatoms. The van der Waals surface area contributed by atoms with Gasteiger partial charge < -0.3 is 9.64 Å². The average Bonchev–Trinajstić information content (AvgIpc) is 3.18. The van der Waals surface area contributed by atoms with Crippen molar-refractivity contribution in [2.45, 2.75) is 33.2 Å². The van der Waals surface area contributed by atoms with Crippen LogP contribution in [0.25, 0.3) is 27.7 Å². The summed E-state index contributed by atoms with van der Waals surface area (Å²) in [5, 5.41) is 7.95. The number of rotatable bonds is 3. The lowest BCUT2D eigenvalue weighted by atomic mass is 10.0.